The summed E-state index contributed by atoms with van der Waals surface area (Å²) in [6.45, 7) is 2.76. The zero-order valence-corrected chi connectivity index (χ0v) is 19.2. The Morgan fingerprint density at radius 1 is 1.13 bits per heavy atom. The molecule has 0 unspecified atom stereocenters. The first-order valence-electron chi connectivity index (χ1n) is 10.3. The molecular weight excluding hydrogens is 493 g/mol. The average molecular weight is 519 g/mol. The summed E-state index contributed by atoms with van der Waals surface area (Å²) >= 11 is -2.59. The summed E-state index contributed by atoms with van der Waals surface area (Å²) in [7, 11) is 0. The van der Waals surface area contributed by atoms with Crippen LogP contribution in [0, 0.1) is 5.92 Å². The number of carbonyl (C=O) groups is 1. The molecule has 8 heteroatoms. The van der Waals surface area contributed by atoms with Gasteiger partial charge in [-0.1, -0.05) is 0 Å². The van der Waals surface area contributed by atoms with Gasteiger partial charge in [0.2, 0.25) is 5.91 Å². The van der Waals surface area contributed by atoms with Crippen molar-refractivity contribution in [1.29, 1.82) is 0 Å². The summed E-state index contributed by atoms with van der Waals surface area (Å²) in [5.74, 6) is 0.486. The van der Waals surface area contributed by atoms with Gasteiger partial charge in [0.05, 0.1) is 0 Å². The Bertz CT molecular complexity index is 1120. The van der Waals surface area contributed by atoms with Crippen LogP contribution >= 0.6 is 18.4 Å². The molecule has 1 aliphatic heterocycles. The number of alkyl halides is 3. The third-order valence-electron chi connectivity index (χ3n) is 5.80. The van der Waals surface area contributed by atoms with Crippen LogP contribution in [0.2, 0.25) is 0 Å². The predicted molar refractivity (Wildman–Crippen MR) is 125 cm³/mol. The van der Waals surface area contributed by atoms with E-state index in [0.717, 1.165) is 52.6 Å². The Kier molecular flexibility index (Phi) is 5.14. The zero-order chi connectivity index (χ0) is 20.7. The summed E-state index contributed by atoms with van der Waals surface area (Å²) in [6.07, 6.45) is 1.90. The molecule has 0 radical (unpaired) electrons. The van der Waals surface area contributed by atoms with Crippen LogP contribution in [-0.2, 0) is 14.4 Å². The third-order valence-corrected chi connectivity index (χ3v) is 11.3. The number of fused-ring (bicyclic) bond motifs is 1. The number of nitrogens with zero attached hydrogens (tertiary/aromatic N) is 4. The van der Waals surface area contributed by atoms with Gasteiger partial charge in [0.1, 0.15) is 0 Å². The van der Waals surface area contributed by atoms with Crippen molar-refractivity contribution in [2.75, 3.05) is 32.2 Å². The van der Waals surface area contributed by atoms with E-state index in [-0.39, 0.29) is 11.8 Å². The van der Waals surface area contributed by atoms with Crippen molar-refractivity contribution < 1.29 is 7.86 Å². The van der Waals surface area contributed by atoms with Crippen molar-refractivity contribution >= 4 is 35.9 Å². The molecule has 2 aromatic heterocycles. The number of hydrogen-bond donors (Lipinski definition) is 1. The molecule has 1 amide bonds. The van der Waals surface area contributed by atoms with Gasteiger partial charge in [-0.3, -0.25) is 10.1 Å². The van der Waals surface area contributed by atoms with Crippen LogP contribution in [-0.4, -0.2) is 52.3 Å². The van der Waals surface area contributed by atoms with Gasteiger partial charge < -0.3 is 0 Å². The van der Waals surface area contributed by atoms with E-state index >= 15 is 0 Å². The van der Waals surface area contributed by atoms with Gasteiger partial charge in [-0.05, 0) is 12.8 Å². The molecule has 0 bridgehead atoms. The number of rotatable bonds is 5. The maximum atomic E-state index is 12.2. The normalized spacial score (nSPS) is 20.2. The van der Waals surface area contributed by atoms with Crippen molar-refractivity contribution in [1.82, 2.24) is 19.5 Å². The van der Waals surface area contributed by atoms with E-state index in [0.29, 0.717) is 11.6 Å². The van der Waals surface area contributed by atoms with Crippen molar-refractivity contribution in [2.24, 2.45) is 5.92 Å². The summed E-state index contributed by atoms with van der Waals surface area (Å²) in [5.41, 5.74) is 3.95. The minimum absolute atomic E-state index is 0.00951. The van der Waals surface area contributed by atoms with Crippen LogP contribution < -0.4 is 5.32 Å². The van der Waals surface area contributed by atoms with Crippen LogP contribution in [0.15, 0.2) is 42.5 Å². The van der Waals surface area contributed by atoms with E-state index in [1.807, 2.05) is 23.1 Å². The average Bonchev–Trinajstić information content (AvgIpc) is 3.50. The van der Waals surface area contributed by atoms with Crippen LogP contribution in [0.3, 0.4) is 0 Å². The molecule has 1 aromatic carbocycles. The number of halogens is 1. The topological polar surface area (TPSA) is 79.6 Å². The Morgan fingerprint density at radius 2 is 1.87 bits per heavy atom. The van der Waals surface area contributed by atoms with Crippen molar-refractivity contribution in [3.8, 4) is 11.3 Å². The second-order valence-electron chi connectivity index (χ2n) is 8.33. The van der Waals surface area contributed by atoms with Crippen molar-refractivity contribution in [3.05, 3.63) is 48.0 Å². The summed E-state index contributed by atoms with van der Waals surface area (Å²) in [4.78, 5) is 20.9. The molecule has 1 N–H and O–H groups in total. The summed E-state index contributed by atoms with van der Waals surface area (Å²) in [5, 5.41) is 7.34. The molecular formula is C22H26IN5O2. The molecule has 3 aromatic rings. The molecule has 158 valence electrons. The SMILES string of the molecule is CI1(=O)CCN(Cc2ccc(-c3cccc4nc(NC(=O)C5CC5)nn34)cc2)CC1. The number of aromatic nitrogens is 3. The predicted octanol–water partition coefficient (Wildman–Crippen LogP) is 3.58. The molecule has 0 atom stereocenters. The third kappa shape index (κ3) is 4.29. The molecule has 1 saturated carbocycles. The summed E-state index contributed by atoms with van der Waals surface area (Å²) in [6, 6.07) is 14.4. The Hall–Kier alpha value is -2.20. The Labute approximate surface area is 179 Å². The van der Waals surface area contributed by atoms with E-state index in [2.05, 4.69) is 44.6 Å². The molecule has 2 aliphatic rings. The Balaban J connectivity index is 1.33. The number of hydrogen-bond acceptors (Lipinski definition) is 5. The fourth-order valence-electron chi connectivity index (χ4n) is 3.73. The maximum absolute atomic E-state index is 12.2. The van der Waals surface area contributed by atoms with Crippen molar-refractivity contribution in [3.63, 3.8) is 0 Å². The quantitative estimate of drug-likeness (QED) is 0.412. The number of anilines is 1. The molecule has 2 fully saturated rings. The van der Waals surface area contributed by atoms with Crippen LogP contribution in [0.1, 0.15) is 18.4 Å². The number of carbonyl (C=O) groups excluding carboxylic acids is 1. The van der Waals surface area contributed by atoms with E-state index in [4.69, 9.17) is 0 Å². The van der Waals surface area contributed by atoms with Gasteiger partial charge in [0, 0.05) is 5.92 Å². The van der Waals surface area contributed by atoms with Gasteiger partial charge in [0.25, 0.3) is 0 Å². The fraction of sp³-hybridized carbons (Fsp3) is 0.409. The van der Waals surface area contributed by atoms with Gasteiger partial charge in [-0.25, -0.2) is 0 Å². The fourth-order valence-corrected chi connectivity index (χ4v) is 7.68. The van der Waals surface area contributed by atoms with Gasteiger partial charge >= 0.3 is 145 Å². The number of amides is 1. The van der Waals surface area contributed by atoms with E-state index in [1.165, 1.54) is 5.56 Å². The molecule has 30 heavy (non-hydrogen) atoms. The second-order valence-corrected chi connectivity index (χ2v) is 16.7. The number of nitrogens with one attached hydrogen (secondary N) is 1. The number of benzene rings is 1. The van der Waals surface area contributed by atoms with E-state index in [9.17, 15) is 7.86 Å². The zero-order valence-electron chi connectivity index (χ0n) is 17.1. The van der Waals surface area contributed by atoms with Crippen LogP contribution in [0.5, 0.6) is 0 Å². The van der Waals surface area contributed by atoms with Crippen LogP contribution in [0.4, 0.5) is 5.95 Å². The Morgan fingerprint density at radius 3 is 2.57 bits per heavy atom. The minimum atomic E-state index is -2.59. The first kappa shape index (κ1) is 19.7. The molecule has 3 heterocycles. The molecule has 1 aliphatic carbocycles. The van der Waals surface area contributed by atoms with Gasteiger partial charge in [-0.2, -0.15) is 0 Å². The number of pyridine rings is 1. The van der Waals surface area contributed by atoms with Gasteiger partial charge in [-0.15, -0.1) is 0 Å². The van der Waals surface area contributed by atoms with E-state index < -0.39 is 18.4 Å². The van der Waals surface area contributed by atoms with Crippen LogP contribution in [0.25, 0.3) is 16.9 Å². The first-order chi connectivity index (χ1) is 14.5. The van der Waals surface area contributed by atoms with Crippen molar-refractivity contribution in [2.45, 2.75) is 19.4 Å². The van der Waals surface area contributed by atoms with E-state index in [1.54, 1.807) is 4.52 Å². The summed E-state index contributed by atoms with van der Waals surface area (Å²) < 4.78 is 15.8. The molecule has 1 saturated heterocycles. The van der Waals surface area contributed by atoms with Gasteiger partial charge in [0.15, 0.2) is 0 Å². The molecule has 0 spiro atoms. The second kappa shape index (κ2) is 7.81. The monoisotopic (exact) mass is 519 g/mol. The first-order valence-corrected chi connectivity index (χ1v) is 16.4. The standard InChI is InChI=1S/C22H26IN5O2/c1-23(30)11-13-27(14-12-23)15-16-5-7-17(8-6-16)19-3-2-4-20-24-22(26-28(19)20)25-21(29)18-9-10-18/h2-8,18H,9-15H2,1H3,(H,25,26,29). The molecule has 5 rings (SSSR count). The molecule has 7 nitrogen and oxygen atoms in total.